The number of rotatable bonds is 5. The highest BCUT2D eigenvalue weighted by atomic mass is 16.2. The molecule has 0 bridgehead atoms. The number of benzene rings is 1. The lowest BCUT2D eigenvalue weighted by molar-refractivity contribution is -0.138. The number of nitrogens with one attached hydrogen (secondary N) is 1. The van der Waals surface area contributed by atoms with Crippen molar-refractivity contribution in [3.63, 3.8) is 0 Å². The highest BCUT2D eigenvalue weighted by molar-refractivity contribution is 6.03. The van der Waals surface area contributed by atoms with Gasteiger partial charge < -0.3 is 4.90 Å². The van der Waals surface area contributed by atoms with Gasteiger partial charge >= 0.3 is 0 Å². The number of amides is 2. The molecular formula is C16H22N2O2. The first kappa shape index (κ1) is 14.7. The van der Waals surface area contributed by atoms with Crippen molar-refractivity contribution < 1.29 is 9.59 Å². The van der Waals surface area contributed by atoms with Crippen LogP contribution in [-0.4, -0.2) is 37.4 Å². The molecule has 1 saturated heterocycles. The summed E-state index contributed by atoms with van der Waals surface area (Å²) >= 11 is 0. The Kier molecular flexibility index (Phi) is 4.55. The Bertz CT molecular complexity index is 485. The molecule has 0 aromatic heterocycles. The quantitative estimate of drug-likeness (QED) is 0.832. The molecule has 4 heteroatoms. The van der Waals surface area contributed by atoms with E-state index >= 15 is 0 Å². The highest BCUT2D eigenvalue weighted by Gasteiger charge is 2.43. The van der Waals surface area contributed by atoms with E-state index in [0.29, 0.717) is 12.8 Å². The summed E-state index contributed by atoms with van der Waals surface area (Å²) in [7, 11) is 4.05. The molecule has 0 radical (unpaired) electrons. The number of imide groups is 1. The molecule has 1 N–H and O–H groups in total. The molecule has 0 unspecified atom stereocenters. The van der Waals surface area contributed by atoms with Gasteiger partial charge in [-0.05, 0) is 45.5 Å². The first-order valence-electron chi connectivity index (χ1n) is 7.09. The van der Waals surface area contributed by atoms with Crippen LogP contribution in [0.25, 0.3) is 0 Å². The first-order chi connectivity index (χ1) is 9.54. The van der Waals surface area contributed by atoms with E-state index in [1.54, 1.807) is 0 Å². The standard InChI is InChI=1S/C16H22N2O2/c1-18(2)12-6-10-16(13-7-4-3-5-8-13)11-9-14(19)17-15(16)20/h3-5,7-8H,6,9-12H2,1-2H3,(H,17,19,20)/t16-/m0/s1. The second kappa shape index (κ2) is 6.18. The molecule has 1 aromatic carbocycles. The fraction of sp³-hybridized carbons (Fsp3) is 0.500. The zero-order valence-corrected chi connectivity index (χ0v) is 12.2. The molecule has 108 valence electrons. The van der Waals surface area contributed by atoms with Gasteiger partial charge in [-0.2, -0.15) is 0 Å². The Morgan fingerprint density at radius 3 is 2.50 bits per heavy atom. The maximum Gasteiger partial charge on any atom is 0.237 e. The van der Waals surface area contributed by atoms with Gasteiger partial charge in [0.05, 0.1) is 5.41 Å². The molecule has 4 nitrogen and oxygen atoms in total. The van der Waals surface area contributed by atoms with Crippen LogP contribution in [0.2, 0.25) is 0 Å². The van der Waals surface area contributed by atoms with Gasteiger partial charge in [0.15, 0.2) is 0 Å². The summed E-state index contributed by atoms with van der Waals surface area (Å²) < 4.78 is 0. The van der Waals surface area contributed by atoms with Crippen LogP contribution < -0.4 is 5.32 Å². The topological polar surface area (TPSA) is 49.4 Å². The van der Waals surface area contributed by atoms with E-state index < -0.39 is 5.41 Å². The maximum absolute atomic E-state index is 12.5. The van der Waals surface area contributed by atoms with Crippen LogP contribution in [0.4, 0.5) is 0 Å². The van der Waals surface area contributed by atoms with Crippen molar-refractivity contribution in [2.24, 2.45) is 0 Å². The van der Waals surface area contributed by atoms with Crippen LogP contribution in [-0.2, 0) is 15.0 Å². The highest BCUT2D eigenvalue weighted by Crippen LogP contribution is 2.36. The first-order valence-corrected chi connectivity index (χ1v) is 7.09. The minimum atomic E-state index is -0.550. The maximum atomic E-state index is 12.5. The normalized spacial score (nSPS) is 22.9. The van der Waals surface area contributed by atoms with Gasteiger partial charge in [-0.3, -0.25) is 14.9 Å². The second-order valence-electron chi connectivity index (χ2n) is 5.73. The smallest absolute Gasteiger partial charge is 0.237 e. The molecule has 0 saturated carbocycles. The third-order valence-corrected chi connectivity index (χ3v) is 4.00. The zero-order chi connectivity index (χ0) is 14.6. The molecule has 0 spiro atoms. The minimum absolute atomic E-state index is 0.140. The van der Waals surface area contributed by atoms with Gasteiger partial charge in [0.25, 0.3) is 0 Å². The molecule has 1 aliphatic heterocycles. The summed E-state index contributed by atoms with van der Waals surface area (Å²) in [6.45, 7) is 0.940. The lowest BCUT2D eigenvalue weighted by atomic mass is 9.70. The molecule has 2 amide bonds. The predicted molar refractivity (Wildman–Crippen MR) is 78.3 cm³/mol. The van der Waals surface area contributed by atoms with Crippen molar-refractivity contribution in [1.29, 1.82) is 0 Å². The fourth-order valence-corrected chi connectivity index (χ4v) is 2.86. The van der Waals surface area contributed by atoms with E-state index in [-0.39, 0.29) is 11.8 Å². The molecule has 0 aliphatic carbocycles. The predicted octanol–water partition coefficient (Wildman–Crippen LogP) is 1.70. The van der Waals surface area contributed by atoms with Crippen molar-refractivity contribution in [2.45, 2.75) is 31.1 Å². The molecule has 20 heavy (non-hydrogen) atoms. The van der Waals surface area contributed by atoms with E-state index in [2.05, 4.69) is 10.2 Å². The van der Waals surface area contributed by atoms with Crippen molar-refractivity contribution in [1.82, 2.24) is 10.2 Å². The summed E-state index contributed by atoms with van der Waals surface area (Å²) in [6, 6.07) is 9.83. The van der Waals surface area contributed by atoms with Crippen LogP contribution in [0.5, 0.6) is 0 Å². The van der Waals surface area contributed by atoms with Crippen LogP contribution in [0.15, 0.2) is 30.3 Å². The lowest BCUT2D eigenvalue weighted by Crippen LogP contribution is -2.51. The Morgan fingerprint density at radius 2 is 1.90 bits per heavy atom. The van der Waals surface area contributed by atoms with Gasteiger partial charge in [-0.15, -0.1) is 0 Å². The summed E-state index contributed by atoms with van der Waals surface area (Å²) in [4.78, 5) is 26.0. The van der Waals surface area contributed by atoms with Gasteiger partial charge in [-0.1, -0.05) is 30.3 Å². The number of carbonyl (C=O) groups excluding carboxylic acids is 2. The number of piperidine rings is 1. The molecule has 1 fully saturated rings. The van der Waals surface area contributed by atoms with Gasteiger partial charge in [0, 0.05) is 6.42 Å². The SMILES string of the molecule is CN(C)CCC[C@@]1(c2ccccc2)CCC(=O)NC1=O. The van der Waals surface area contributed by atoms with Crippen molar-refractivity contribution in [3.05, 3.63) is 35.9 Å². The van der Waals surface area contributed by atoms with Crippen molar-refractivity contribution in [2.75, 3.05) is 20.6 Å². The number of hydrogen-bond acceptors (Lipinski definition) is 3. The largest absolute Gasteiger partial charge is 0.309 e. The third-order valence-electron chi connectivity index (χ3n) is 4.00. The third kappa shape index (κ3) is 3.07. The summed E-state index contributed by atoms with van der Waals surface area (Å²) in [5, 5.41) is 2.52. The van der Waals surface area contributed by atoms with Crippen molar-refractivity contribution >= 4 is 11.8 Å². The van der Waals surface area contributed by atoms with Gasteiger partial charge in [-0.25, -0.2) is 0 Å². The van der Waals surface area contributed by atoms with Crippen LogP contribution in [0.3, 0.4) is 0 Å². The van der Waals surface area contributed by atoms with E-state index in [0.717, 1.165) is 24.9 Å². The van der Waals surface area contributed by atoms with E-state index in [4.69, 9.17) is 0 Å². The summed E-state index contributed by atoms with van der Waals surface area (Å²) in [6.07, 6.45) is 2.73. The number of hydrogen-bond donors (Lipinski definition) is 1. The molecular weight excluding hydrogens is 252 g/mol. The van der Waals surface area contributed by atoms with Gasteiger partial charge in [0.1, 0.15) is 0 Å². The van der Waals surface area contributed by atoms with E-state index in [9.17, 15) is 9.59 Å². The molecule has 2 rings (SSSR count). The molecule has 1 aliphatic rings. The Morgan fingerprint density at radius 1 is 1.20 bits per heavy atom. The fourth-order valence-electron chi connectivity index (χ4n) is 2.86. The molecule has 1 aromatic rings. The second-order valence-corrected chi connectivity index (χ2v) is 5.73. The van der Waals surface area contributed by atoms with Crippen molar-refractivity contribution in [3.8, 4) is 0 Å². The van der Waals surface area contributed by atoms with Crippen LogP contribution in [0, 0.1) is 0 Å². The number of carbonyl (C=O) groups is 2. The van der Waals surface area contributed by atoms with E-state index in [1.165, 1.54) is 0 Å². The summed E-state index contributed by atoms with van der Waals surface area (Å²) in [5.74, 6) is -0.298. The summed E-state index contributed by atoms with van der Waals surface area (Å²) in [5.41, 5.74) is 0.467. The Labute approximate surface area is 120 Å². The van der Waals surface area contributed by atoms with E-state index in [1.807, 2.05) is 44.4 Å². The van der Waals surface area contributed by atoms with Crippen LogP contribution >= 0.6 is 0 Å². The van der Waals surface area contributed by atoms with Crippen LogP contribution in [0.1, 0.15) is 31.2 Å². The zero-order valence-electron chi connectivity index (χ0n) is 12.2. The Hall–Kier alpha value is -1.68. The van der Waals surface area contributed by atoms with Gasteiger partial charge in [0.2, 0.25) is 11.8 Å². The average Bonchev–Trinajstić information content (AvgIpc) is 2.42. The number of nitrogens with zero attached hydrogens (tertiary/aromatic N) is 1. The monoisotopic (exact) mass is 274 g/mol. The minimum Gasteiger partial charge on any atom is -0.309 e. The average molecular weight is 274 g/mol. The Balaban J connectivity index is 2.24. The lowest BCUT2D eigenvalue weighted by Gasteiger charge is -2.36. The molecule has 1 heterocycles. The molecule has 1 atom stereocenters.